The summed E-state index contributed by atoms with van der Waals surface area (Å²) in [6, 6.07) is 7.53. The Kier molecular flexibility index (Phi) is 5.36. The average molecular weight is 422 g/mol. The average Bonchev–Trinajstić information content (AvgIpc) is 2.69. The number of carbonyl (C=O) groups excluding carboxylic acids is 1. The van der Waals surface area contributed by atoms with Gasteiger partial charge in [0.25, 0.3) is 0 Å². The maximum Gasteiger partial charge on any atom is 0.224 e. The molecular weight excluding hydrogens is 400 g/mol. The van der Waals surface area contributed by atoms with Gasteiger partial charge in [-0.2, -0.15) is 0 Å². The van der Waals surface area contributed by atoms with E-state index in [1.165, 1.54) is 12.1 Å². The molecule has 0 aliphatic carbocycles. The molecule has 29 heavy (non-hydrogen) atoms. The van der Waals surface area contributed by atoms with E-state index in [1.54, 1.807) is 18.2 Å². The fourth-order valence-electron chi connectivity index (χ4n) is 3.96. The number of carbonyl (C=O) groups is 1. The van der Waals surface area contributed by atoms with Crippen LogP contribution in [-0.2, 0) is 11.2 Å². The lowest BCUT2D eigenvalue weighted by Crippen LogP contribution is -2.48. The van der Waals surface area contributed by atoms with E-state index >= 15 is 0 Å². The summed E-state index contributed by atoms with van der Waals surface area (Å²) >= 11 is 5.82. The Morgan fingerprint density at radius 1 is 1.14 bits per heavy atom. The summed E-state index contributed by atoms with van der Waals surface area (Å²) in [5.41, 5.74) is 1.16. The summed E-state index contributed by atoms with van der Waals surface area (Å²) < 4.78 is 28.2. The largest absolute Gasteiger partial charge is 0.388 e. The summed E-state index contributed by atoms with van der Waals surface area (Å²) in [6.07, 6.45) is 1.67. The number of hydrogen-bond donors (Lipinski definition) is 3. The number of anilines is 3. The molecule has 2 heterocycles. The third-order valence-corrected chi connectivity index (χ3v) is 5.92. The smallest absolute Gasteiger partial charge is 0.224 e. The van der Waals surface area contributed by atoms with Crippen molar-refractivity contribution >= 4 is 34.6 Å². The number of hydrogen-bond acceptors (Lipinski definition) is 4. The molecule has 2 aliphatic rings. The first kappa shape index (κ1) is 19.9. The van der Waals surface area contributed by atoms with Crippen LogP contribution in [0.3, 0.4) is 0 Å². The molecule has 0 aromatic heterocycles. The predicted molar refractivity (Wildman–Crippen MR) is 110 cm³/mol. The van der Waals surface area contributed by atoms with Crippen LogP contribution >= 0.6 is 11.6 Å². The quantitative estimate of drug-likeness (QED) is 0.699. The standard InChI is InChI=1S/C21H22ClF2N3O2/c22-13-1-5-18(16(24)11-13)27-9-7-21(29,8-10-27)12-25-17-4-3-15(23)20-14(17)2-6-19(28)26-20/h1,3-5,11,25,29H,2,6-10,12H2,(H,26,28). The molecule has 1 amide bonds. The maximum atomic E-state index is 14.2. The Morgan fingerprint density at radius 2 is 1.90 bits per heavy atom. The molecule has 0 saturated carbocycles. The Morgan fingerprint density at radius 3 is 2.62 bits per heavy atom. The Bertz CT molecular complexity index is 946. The Hall–Kier alpha value is -2.38. The van der Waals surface area contributed by atoms with E-state index in [0.717, 1.165) is 0 Å². The van der Waals surface area contributed by atoms with Gasteiger partial charge in [0.1, 0.15) is 11.6 Å². The van der Waals surface area contributed by atoms with Crippen LogP contribution in [0, 0.1) is 11.6 Å². The van der Waals surface area contributed by atoms with Crippen molar-refractivity contribution in [3.8, 4) is 0 Å². The van der Waals surface area contributed by atoms with Gasteiger partial charge in [0.2, 0.25) is 5.91 Å². The molecular formula is C21H22ClF2N3O2. The molecule has 1 fully saturated rings. The summed E-state index contributed by atoms with van der Waals surface area (Å²) in [6.45, 7) is 1.30. The molecule has 2 aromatic carbocycles. The molecule has 2 aliphatic heterocycles. The van der Waals surface area contributed by atoms with Crippen LogP contribution in [0.5, 0.6) is 0 Å². The first-order valence-corrected chi connectivity index (χ1v) is 10.00. The lowest BCUT2D eigenvalue weighted by atomic mass is 9.90. The van der Waals surface area contributed by atoms with Gasteiger partial charge in [-0.25, -0.2) is 8.78 Å². The number of aliphatic hydroxyl groups is 1. The molecule has 1 saturated heterocycles. The first-order chi connectivity index (χ1) is 13.8. The molecule has 0 radical (unpaired) electrons. The van der Waals surface area contributed by atoms with Gasteiger partial charge < -0.3 is 20.6 Å². The SMILES string of the molecule is O=C1CCc2c(NCC3(O)CCN(c4ccc(Cl)cc4F)CC3)ccc(F)c2N1. The van der Waals surface area contributed by atoms with E-state index in [-0.39, 0.29) is 24.0 Å². The third kappa shape index (κ3) is 4.16. The molecule has 8 heteroatoms. The molecule has 0 unspecified atom stereocenters. The van der Waals surface area contributed by atoms with Crippen molar-refractivity contribution in [3.63, 3.8) is 0 Å². The number of nitrogens with zero attached hydrogens (tertiary/aromatic N) is 1. The first-order valence-electron chi connectivity index (χ1n) is 9.62. The fourth-order valence-corrected chi connectivity index (χ4v) is 4.12. The minimum atomic E-state index is -0.960. The highest BCUT2D eigenvalue weighted by atomic mass is 35.5. The van der Waals surface area contributed by atoms with Gasteiger partial charge in [-0.05, 0) is 49.6 Å². The van der Waals surface area contributed by atoms with Gasteiger partial charge in [-0.3, -0.25) is 4.79 Å². The number of benzene rings is 2. The normalized spacial score (nSPS) is 18.2. The van der Waals surface area contributed by atoms with E-state index < -0.39 is 11.4 Å². The number of piperidine rings is 1. The zero-order chi connectivity index (χ0) is 20.6. The lowest BCUT2D eigenvalue weighted by Gasteiger charge is -2.39. The fraction of sp³-hybridized carbons (Fsp3) is 0.381. The van der Waals surface area contributed by atoms with E-state index in [4.69, 9.17) is 11.6 Å². The zero-order valence-electron chi connectivity index (χ0n) is 15.8. The third-order valence-electron chi connectivity index (χ3n) is 5.68. The van der Waals surface area contributed by atoms with Gasteiger partial charge >= 0.3 is 0 Å². The summed E-state index contributed by atoms with van der Waals surface area (Å²) in [4.78, 5) is 13.5. The van der Waals surface area contributed by atoms with Crippen LogP contribution in [0.1, 0.15) is 24.8 Å². The van der Waals surface area contributed by atoms with E-state index in [0.29, 0.717) is 60.7 Å². The van der Waals surface area contributed by atoms with Crippen LogP contribution in [0.4, 0.5) is 25.8 Å². The van der Waals surface area contributed by atoms with Crippen molar-refractivity contribution in [2.75, 3.05) is 35.2 Å². The van der Waals surface area contributed by atoms with Crippen molar-refractivity contribution in [3.05, 3.63) is 52.6 Å². The molecule has 5 nitrogen and oxygen atoms in total. The zero-order valence-corrected chi connectivity index (χ0v) is 16.5. The van der Waals surface area contributed by atoms with Gasteiger partial charge in [-0.1, -0.05) is 11.6 Å². The Labute approximate surface area is 172 Å². The topological polar surface area (TPSA) is 64.6 Å². The number of fused-ring (bicyclic) bond motifs is 1. The molecule has 154 valence electrons. The van der Waals surface area contributed by atoms with Gasteiger partial charge in [0, 0.05) is 42.3 Å². The second-order valence-corrected chi connectivity index (χ2v) is 8.09. The van der Waals surface area contributed by atoms with E-state index in [2.05, 4.69) is 10.6 Å². The van der Waals surface area contributed by atoms with E-state index in [1.807, 2.05) is 4.90 Å². The minimum absolute atomic E-state index is 0.200. The second-order valence-electron chi connectivity index (χ2n) is 7.66. The molecule has 0 spiro atoms. The van der Waals surface area contributed by atoms with Crippen molar-refractivity contribution in [2.24, 2.45) is 0 Å². The predicted octanol–water partition coefficient (Wildman–Crippen LogP) is 3.95. The van der Waals surface area contributed by atoms with E-state index in [9.17, 15) is 18.7 Å². The molecule has 4 rings (SSSR count). The van der Waals surface area contributed by atoms with Crippen LogP contribution in [-0.4, -0.2) is 36.2 Å². The summed E-state index contributed by atoms with van der Waals surface area (Å²) in [5.74, 6) is -1.04. The van der Waals surface area contributed by atoms with Crippen LogP contribution in [0.15, 0.2) is 30.3 Å². The van der Waals surface area contributed by atoms with Crippen LogP contribution in [0.2, 0.25) is 5.02 Å². The second kappa shape index (κ2) is 7.80. The van der Waals surface area contributed by atoms with Crippen molar-refractivity contribution < 1.29 is 18.7 Å². The number of rotatable bonds is 4. The van der Waals surface area contributed by atoms with Crippen LogP contribution < -0.4 is 15.5 Å². The monoisotopic (exact) mass is 421 g/mol. The highest BCUT2D eigenvalue weighted by molar-refractivity contribution is 6.30. The highest BCUT2D eigenvalue weighted by Gasteiger charge is 2.33. The van der Waals surface area contributed by atoms with Crippen molar-refractivity contribution in [2.45, 2.75) is 31.3 Å². The molecule has 0 atom stereocenters. The van der Waals surface area contributed by atoms with Crippen molar-refractivity contribution in [1.29, 1.82) is 0 Å². The number of nitrogens with one attached hydrogen (secondary N) is 2. The molecule has 0 bridgehead atoms. The molecule has 2 aromatic rings. The van der Waals surface area contributed by atoms with Crippen LogP contribution in [0.25, 0.3) is 0 Å². The maximum absolute atomic E-state index is 14.2. The summed E-state index contributed by atoms with van der Waals surface area (Å²) in [7, 11) is 0. The Balaban J connectivity index is 1.41. The molecule has 3 N–H and O–H groups in total. The number of amides is 1. The lowest BCUT2D eigenvalue weighted by molar-refractivity contribution is -0.116. The van der Waals surface area contributed by atoms with Gasteiger partial charge in [0.15, 0.2) is 0 Å². The van der Waals surface area contributed by atoms with Gasteiger partial charge in [-0.15, -0.1) is 0 Å². The minimum Gasteiger partial charge on any atom is -0.388 e. The highest BCUT2D eigenvalue weighted by Crippen LogP contribution is 2.34. The van der Waals surface area contributed by atoms with Gasteiger partial charge in [0.05, 0.1) is 17.0 Å². The van der Waals surface area contributed by atoms with Crippen molar-refractivity contribution in [1.82, 2.24) is 0 Å². The summed E-state index contributed by atoms with van der Waals surface area (Å²) in [5, 5.41) is 17.1. The number of halogens is 3.